The molecule has 1 aromatic rings. The van der Waals surface area contributed by atoms with Crippen molar-refractivity contribution in [3.05, 3.63) is 78.4 Å². The molecule has 0 spiro atoms. The van der Waals surface area contributed by atoms with E-state index in [1.807, 2.05) is 19.1 Å². The average Bonchev–Trinajstić information content (AvgIpc) is 3.13. The van der Waals surface area contributed by atoms with Crippen molar-refractivity contribution >= 4 is 9.84 Å². The van der Waals surface area contributed by atoms with Gasteiger partial charge in [-0.25, -0.2) is 8.42 Å². The Kier molecular flexibility index (Phi) is 31.1. The van der Waals surface area contributed by atoms with E-state index in [-0.39, 0.29) is 5.75 Å². The highest BCUT2D eigenvalue weighted by Gasteiger charge is 2.27. The number of hydrogen-bond donors (Lipinski definition) is 1. The van der Waals surface area contributed by atoms with Gasteiger partial charge in [-0.1, -0.05) is 176 Å². The molecule has 0 amide bonds. The zero-order valence-electron chi connectivity index (χ0n) is 34.3. The van der Waals surface area contributed by atoms with Crippen molar-refractivity contribution in [1.29, 1.82) is 0 Å². The highest BCUT2D eigenvalue weighted by Crippen LogP contribution is 2.29. The predicted octanol–water partition coefficient (Wildman–Crippen LogP) is 15.1. The number of aliphatic hydroxyl groups is 1. The Morgan fingerprint density at radius 3 is 1.27 bits per heavy atom. The fraction of sp³-hybridized carbons (Fsp3) is 0.708. The van der Waals surface area contributed by atoms with Crippen LogP contribution in [0.3, 0.4) is 0 Å². The summed E-state index contributed by atoms with van der Waals surface area (Å²) >= 11 is 0. The molecule has 1 unspecified atom stereocenters. The van der Waals surface area contributed by atoms with Crippen molar-refractivity contribution in [1.82, 2.24) is 0 Å². The van der Waals surface area contributed by atoms with E-state index in [0.29, 0.717) is 17.7 Å². The number of rotatable bonds is 36. The molecular formula is C48H82O3S. The minimum Gasteiger partial charge on any atom is -0.390 e. The number of unbranched alkanes of at least 4 members (excludes halogenated alkanes) is 19. The summed E-state index contributed by atoms with van der Waals surface area (Å²) in [5.74, 6) is 0.103. The average molecular weight is 739 g/mol. The Balaban J connectivity index is 2.33. The van der Waals surface area contributed by atoms with Gasteiger partial charge in [-0.15, -0.1) is 0 Å². The van der Waals surface area contributed by atoms with E-state index in [9.17, 15) is 13.5 Å². The van der Waals surface area contributed by atoms with E-state index in [2.05, 4.69) is 62.5 Å². The van der Waals surface area contributed by atoms with Gasteiger partial charge in [0.05, 0.1) is 16.2 Å². The molecule has 1 N–H and O–H groups in total. The van der Waals surface area contributed by atoms with Crippen LogP contribution in [0.5, 0.6) is 0 Å². The zero-order chi connectivity index (χ0) is 37.9. The highest BCUT2D eigenvalue weighted by molar-refractivity contribution is 7.91. The molecular weight excluding hydrogens is 657 g/mol. The summed E-state index contributed by atoms with van der Waals surface area (Å²) in [4.78, 5) is 0.396. The van der Waals surface area contributed by atoms with Crippen LogP contribution < -0.4 is 0 Å². The van der Waals surface area contributed by atoms with Crippen LogP contribution in [0, 0.1) is 6.92 Å². The normalized spacial score (nSPS) is 13.8. The van der Waals surface area contributed by atoms with Gasteiger partial charge < -0.3 is 5.11 Å². The van der Waals surface area contributed by atoms with Crippen LogP contribution in [0.2, 0.25) is 0 Å². The van der Waals surface area contributed by atoms with Gasteiger partial charge in [0.15, 0.2) is 9.84 Å². The lowest BCUT2D eigenvalue weighted by molar-refractivity contribution is 0.00895. The first kappa shape index (κ1) is 48.1. The van der Waals surface area contributed by atoms with Crippen LogP contribution >= 0.6 is 0 Å². The molecule has 0 aromatic heterocycles. The van der Waals surface area contributed by atoms with Crippen molar-refractivity contribution in [3.8, 4) is 0 Å². The number of allylic oxidation sites excluding steroid dienone is 8. The Morgan fingerprint density at radius 2 is 0.827 bits per heavy atom. The Hall–Kier alpha value is -1.91. The first-order valence-electron chi connectivity index (χ1n) is 21.9. The van der Waals surface area contributed by atoms with Crippen molar-refractivity contribution in [2.75, 3.05) is 5.75 Å². The molecule has 3 nitrogen and oxygen atoms in total. The van der Waals surface area contributed by atoms with Crippen LogP contribution in [-0.4, -0.2) is 24.9 Å². The van der Waals surface area contributed by atoms with Crippen LogP contribution in [0.15, 0.2) is 77.8 Å². The Bertz CT molecular complexity index is 1160. The van der Waals surface area contributed by atoms with Gasteiger partial charge in [-0.2, -0.15) is 0 Å². The first-order chi connectivity index (χ1) is 25.3. The molecule has 0 radical (unpaired) electrons. The maximum atomic E-state index is 13.0. The largest absolute Gasteiger partial charge is 0.390 e. The number of benzene rings is 1. The first-order valence-corrected chi connectivity index (χ1v) is 23.6. The smallest absolute Gasteiger partial charge is 0.178 e. The molecule has 0 aliphatic carbocycles. The van der Waals surface area contributed by atoms with Gasteiger partial charge in [-0.05, 0) is 109 Å². The lowest BCUT2D eigenvalue weighted by Gasteiger charge is -2.28. The third-order valence-corrected chi connectivity index (χ3v) is 12.2. The van der Waals surface area contributed by atoms with E-state index in [4.69, 9.17) is 0 Å². The molecule has 1 rings (SSSR count). The molecule has 4 heteroatoms. The maximum Gasteiger partial charge on any atom is 0.178 e. The second-order valence-corrected chi connectivity index (χ2v) is 17.6. The van der Waals surface area contributed by atoms with Crippen LogP contribution in [0.4, 0.5) is 0 Å². The quantitative estimate of drug-likeness (QED) is 0.0551. The van der Waals surface area contributed by atoms with Gasteiger partial charge in [0, 0.05) is 0 Å². The van der Waals surface area contributed by atoms with Crippen molar-refractivity contribution in [2.45, 2.75) is 217 Å². The van der Waals surface area contributed by atoms with E-state index < -0.39 is 15.4 Å². The summed E-state index contributed by atoms with van der Waals surface area (Å²) in [5, 5.41) is 11.7. The number of sulfone groups is 1. The van der Waals surface area contributed by atoms with Gasteiger partial charge in [0.2, 0.25) is 0 Å². The summed E-state index contributed by atoms with van der Waals surface area (Å²) < 4.78 is 26.0. The number of aryl methyl sites for hydroxylation is 1. The summed E-state index contributed by atoms with van der Waals surface area (Å²) in [6, 6.07) is 7.15. The summed E-state index contributed by atoms with van der Waals surface area (Å²) in [7, 11) is -3.33. The van der Waals surface area contributed by atoms with Gasteiger partial charge in [-0.3, -0.25) is 0 Å². The molecule has 52 heavy (non-hydrogen) atoms. The van der Waals surface area contributed by atoms with Crippen LogP contribution in [0.1, 0.15) is 206 Å². The molecule has 0 aliphatic heterocycles. The molecule has 298 valence electrons. The summed E-state index contributed by atoms with van der Waals surface area (Å²) in [5.41, 5.74) is 0.303. The standard InChI is InChI=1S/C48H82O3S/c1-4-6-8-10-12-14-16-18-20-22-24-26-28-30-32-34-36-43-48(49,44-37-45-52(50,51)47-40-38-46(3)39-41-47)42-35-33-31-29-27-25-23-21-19-17-15-13-11-9-7-5-2/h13-16,19-22,38-41,49H,4-12,17-18,23-37,42-45H2,1-3H3/b15-13-,16-14-,21-19-,22-20-. The lowest BCUT2D eigenvalue weighted by atomic mass is 9.86. The van der Waals surface area contributed by atoms with E-state index in [1.54, 1.807) is 12.1 Å². The minimum absolute atomic E-state index is 0.103. The number of hydrogen-bond acceptors (Lipinski definition) is 3. The summed E-state index contributed by atoms with van der Waals surface area (Å²) in [6.45, 7) is 6.48. The maximum absolute atomic E-state index is 13.0. The molecule has 0 aliphatic rings. The molecule has 0 heterocycles. The Labute approximate surface area is 323 Å². The molecule has 1 aromatic carbocycles. The van der Waals surface area contributed by atoms with Gasteiger partial charge in [0.1, 0.15) is 0 Å². The van der Waals surface area contributed by atoms with Gasteiger partial charge in [0.25, 0.3) is 0 Å². The third kappa shape index (κ3) is 28.6. The minimum atomic E-state index is -3.33. The molecule has 0 saturated heterocycles. The molecule has 0 saturated carbocycles. The van der Waals surface area contributed by atoms with Crippen molar-refractivity contribution < 1.29 is 13.5 Å². The fourth-order valence-electron chi connectivity index (χ4n) is 6.89. The van der Waals surface area contributed by atoms with Crippen LogP contribution in [-0.2, 0) is 9.84 Å². The van der Waals surface area contributed by atoms with Crippen LogP contribution in [0.25, 0.3) is 0 Å². The van der Waals surface area contributed by atoms with Crippen molar-refractivity contribution in [2.24, 2.45) is 0 Å². The monoisotopic (exact) mass is 739 g/mol. The topological polar surface area (TPSA) is 54.4 Å². The highest BCUT2D eigenvalue weighted by atomic mass is 32.2. The van der Waals surface area contributed by atoms with E-state index in [0.717, 1.165) is 56.9 Å². The molecule has 1 atom stereocenters. The van der Waals surface area contributed by atoms with Gasteiger partial charge >= 0.3 is 0 Å². The fourth-order valence-corrected chi connectivity index (χ4v) is 8.20. The lowest BCUT2D eigenvalue weighted by Crippen LogP contribution is -2.29. The van der Waals surface area contributed by atoms with Crippen molar-refractivity contribution in [3.63, 3.8) is 0 Å². The zero-order valence-corrected chi connectivity index (χ0v) is 35.1. The second-order valence-electron chi connectivity index (χ2n) is 15.5. The Morgan fingerprint density at radius 1 is 0.481 bits per heavy atom. The summed E-state index contributed by atoms with van der Waals surface area (Å²) in [6.07, 6.45) is 51.7. The van der Waals surface area contributed by atoms with E-state index in [1.165, 1.54) is 122 Å². The predicted molar refractivity (Wildman–Crippen MR) is 230 cm³/mol. The van der Waals surface area contributed by atoms with E-state index >= 15 is 0 Å². The third-order valence-electron chi connectivity index (χ3n) is 10.4. The molecule has 0 bridgehead atoms. The second kappa shape index (κ2) is 33.6. The molecule has 0 fully saturated rings. The SMILES string of the molecule is CCCCC/C=C\C/C=C\CCCCCCCCC(O)(CCCCCCCC/C=C\C/C=C\CCCCCC)CCCS(=O)(=O)c1ccc(C)cc1.